The number of benzene rings is 1. The van der Waals surface area contributed by atoms with E-state index in [0.29, 0.717) is 0 Å². The number of nitrogens with one attached hydrogen (secondary N) is 1. The summed E-state index contributed by atoms with van der Waals surface area (Å²) in [5.74, 6) is -0.180. The number of hydrogen-bond acceptors (Lipinski definition) is 2. The summed E-state index contributed by atoms with van der Waals surface area (Å²) < 4.78 is 19.2. The SMILES string of the molecule is CC(C)(C)OC(=O)N[C@@H]1CCCCc2c(F)cccc21. The predicted octanol–water partition coefficient (Wildman–Crippen LogP) is 4.12. The highest BCUT2D eigenvalue weighted by atomic mass is 19.1. The van der Waals surface area contributed by atoms with E-state index in [4.69, 9.17) is 4.74 Å². The predicted molar refractivity (Wildman–Crippen MR) is 76.1 cm³/mol. The number of amides is 1. The van der Waals surface area contributed by atoms with E-state index in [1.165, 1.54) is 6.07 Å². The van der Waals surface area contributed by atoms with Gasteiger partial charge in [0.15, 0.2) is 0 Å². The van der Waals surface area contributed by atoms with Crippen LogP contribution in [0.15, 0.2) is 18.2 Å². The Labute approximate surface area is 119 Å². The largest absolute Gasteiger partial charge is 0.444 e. The molecule has 0 radical (unpaired) electrons. The van der Waals surface area contributed by atoms with Gasteiger partial charge in [0, 0.05) is 0 Å². The molecular formula is C16H22FNO2. The molecule has 0 aromatic heterocycles. The molecular weight excluding hydrogens is 257 g/mol. The first-order chi connectivity index (χ1) is 9.37. The lowest BCUT2D eigenvalue weighted by Gasteiger charge is -2.24. The molecule has 4 heteroatoms. The van der Waals surface area contributed by atoms with Crippen LogP contribution in [-0.2, 0) is 11.2 Å². The maximum Gasteiger partial charge on any atom is 0.408 e. The van der Waals surface area contributed by atoms with Gasteiger partial charge in [0.05, 0.1) is 6.04 Å². The maximum absolute atomic E-state index is 13.9. The highest BCUT2D eigenvalue weighted by molar-refractivity contribution is 5.68. The van der Waals surface area contributed by atoms with Crippen molar-refractivity contribution in [2.75, 3.05) is 0 Å². The van der Waals surface area contributed by atoms with Gasteiger partial charge in [-0.2, -0.15) is 0 Å². The van der Waals surface area contributed by atoms with E-state index in [0.717, 1.165) is 36.8 Å². The van der Waals surface area contributed by atoms with E-state index in [-0.39, 0.29) is 11.9 Å². The lowest BCUT2D eigenvalue weighted by Crippen LogP contribution is -2.35. The van der Waals surface area contributed by atoms with E-state index in [9.17, 15) is 9.18 Å². The van der Waals surface area contributed by atoms with Gasteiger partial charge >= 0.3 is 6.09 Å². The van der Waals surface area contributed by atoms with Crippen LogP contribution in [0.4, 0.5) is 9.18 Å². The van der Waals surface area contributed by atoms with Crippen molar-refractivity contribution in [2.45, 2.75) is 58.1 Å². The Hall–Kier alpha value is -1.58. The van der Waals surface area contributed by atoms with Crippen LogP contribution in [0.25, 0.3) is 0 Å². The lowest BCUT2D eigenvalue weighted by atomic mass is 9.99. The van der Waals surface area contributed by atoms with Crippen molar-refractivity contribution in [2.24, 2.45) is 0 Å². The average Bonchev–Trinajstić information content (AvgIpc) is 2.51. The summed E-state index contributed by atoms with van der Waals surface area (Å²) >= 11 is 0. The zero-order valence-corrected chi connectivity index (χ0v) is 12.3. The third-order valence-corrected chi connectivity index (χ3v) is 3.39. The minimum atomic E-state index is -0.528. The summed E-state index contributed by atoms with van der Waals surface area (Å²) in [7, 11) is 0. The number of rotatable bonds is 1. The Kier molecular flexibility index (Phi) is 4.31. The summed E-state index contributed by atoms with van der Waals surface area (Å²) in [6.45, 7) is 5.48. The number of carbonyl (C=O) groups excluding carboxylic acids is 1. The monoisotopic (exact) mass is 279 g/mol. The number of carbonyl (C=O) groups is 1. The Morgan fingerprint density at radius 2 is 2.10 bits per heavy atom. The fraction of sp³-hybridized carbons (Fsp3) is 0.562. The molecule has 0 saturated carbocycles. The molecule has 1 aliphatic carbocycles. The van der Waals surface area contributed by atoms with E-state index < -0.39 is 11.7 Å². The van der Waals surface area contributed by atoms with E-state index in [2.05, 4.69) is 5.32 Å². The second-order valence-electron chi connectivity index (χ2n) is 6.25. The van der Waals surface area contributed by atoms with Crippen LogP contribution in [0.2, 0.25) is 0 Å². The highest BCUT2D eigenvalue weighted by Crippen LogP contribution is 2.30. The molecule has 1 atom stereocenters. The summed E-state index contributed by atoms with van der Waals surface area (Å²) in [4.78, 5) is 11.9. The van der Waals surface area contributed by atoms with Crippen molar-refractivity contribution in [3.8, 4) is 0 Å². The zero-order valence-electron chi connectivity index (χ0n) is 12.3. The summed E-state index contributed by atoms with van der Waals surface area (Å²) in [5.41, 5.74) is 1.08. The van der Waals surface area contributed by atoms with E-state index in [1.54, 1.807) is 6.07 Å². The molecule has 20 heavy (non-hydrogen) atoms. The molecule has 1 aromatic carbocycles. The molecule has 1 N–H and O–H groups in total. The Morgan fingerprint density at radius 3 is 2.80 bits per heavy atom. The van der Waals surface area contributed by atoms with Crippen molar-refractivity contribution in [1.82, 2.24) is 5.32 Å². The third kappa shape index (κ3) is 3.71. The molecule has 0 bridgehead atoms. The molecule has 0 spiro atoms. The maximum atomic E-state index is 13.9. The summed E-state index contributed by atoms with van der Waals surface area (Å²) in [6.07, 6.45) is 3.01. The number of hydrogen-bond donors (Lipinski definition) is 1. The van der Waals surface area contributed by atoms with Crippen LogP contribution in [0.3, 0.4) is 0 Å². The average molecular weight is 279 g/mol. The van der Waals surface area contributed by atoms with Gasteiger partial charge in [0.25, 0.3) is 0 Å². The first-order valence-corrected chi connectivity index (χ1v) is 7.13. The second-order valence-corrected chi connectivity index (χ2v) is 6.25. The highest BCUT2D eigenvalue weighted by Gasteiger charge is 2.24. The van der Waals surface area contributed by atoms with Gasteiger partial charge in [0.1, 0.15) is 11.4 Å². The number of ether oxygens (including phenoxy) is 1. The van der Waals surface area contributed by atoms with Gasteiger partial charge < -0.3 is 10.1 Å². The van der Waals surface area contributed by atoms with Gasteiger partial charge in [-0.25, -0.2) is 9.18 Å². The molecule has 1 amide bonds. The fourth-order valence-corrected chi connectivity index (χ4v) is 2.57. The minimum Gasteiger partial charge on any atom is -0.444 e. The van der Waals surface area contributed by atoms with Gasteiger partial charge in [-0.15, -0.1) is 0 Å². The van der Waals surface area contributed by atoms with Crippen LogP contribution >= 0.6 is 0 Å². The van der Waals surface area contributed by atoms with Crippen LogP contribution < -0.4 is 5.32 Å². The molecule has 3 nitrogen and oxygen atoms in total. The van der Waals surface area contributed by atoms with Crippen LogP contribution in [0.5, 0.6) is 0 Å². The minimum absolute atomic E-state index is 0.168. The molecule has 0 heterocycles. The van der Waals surface area contributed by atoms with Crippen molar-refractivity contribution in [3.63, 3.8) is 0 Å². The number of fused-ring (bicyclic) bond motifs is 1. The van der Waals surface area contributed by atoms with Crippen LogP contribution in [0, 0.1) is 5.82 Å². The van der Waals surface area contributed by atoms with Gasteiger partial charge in [0.2, 0.25) is 0 Å². The molecule has 1 aromatic rings. The quantitative estimate of drug-likeness (QED) is 0.785. The van der Waals surface area contributed by atoms with E-state index >= 15 is 0 Å². The molecule has 2 rings (SSSR count). The standard InChI is InChI=1S/C16H22FNO2/c1-16(2,3)20-15(19)18-14-10-5-4-7-11-12(14)8-6-9-13(11)17/h6,8-9,14H,4-5,7,10H2,1-3H3,(H,18,19)/t14-/m1/s1. The summed E-state index contributed by atoms with van der Waals surface area (Å²) in [6, 6.07) is 4.90. The normalized spacial score (nSPS) is 18.9. The van der Waals surface area contributed by atoms with Crippen molar-refractivity contribution >= 4 is 6.09 Å². The second kappa shape index (κ2) is 5.81. The molecule has 110 valence electrons. The Morgan fingerprint density at radius 1 is 1.35 bits per heavy atom. The molecule has 0 saturated heterocycles. The van der Waals surface area contributed by atoms with Crippen molar-refractivity contribution in [3.05, 3.63) is 35.1 Å². The lowest BCUT2D eigenvalue weighted by molar-refractivity contribution is 0.0501. The van der Waals surface area contributed by atoms with Crippen LogP contribution in [-0.4, -0.2) is 11.7 Å². The molecule has 0 unspecified atom stereocenters. The van der Waals surface area contributed by atoms with Gasteiger partial charge in [-0.3, -0.25) is 0 Å². The van der Waals surface area contributed by atoms with Crippen molar-refractivity contribution in [1.29, 1.82) is 0 Å². The zero-order chi connectivity index (χ0) is 14.8. The van der Waals surface area contributed by atoms with Crippen molar-refractivity contribution < 1.29 is 13.9 Å². The van der Waals surface area contributed by atoms with Crippen LogP contribution in [0.1, 0.15) is 57.2 Å². The molecule has 0 aliphatic heterocycles. The van der Waals surface area contributed by atoms with Gasteiger partial charge in [-0.1, -0.05) is 18.6 Å². The first-order valence-electron chi connectivity index (χ1n) is 7.13. The number of halogens is 1. The third-order valence-electron chi connectivity index (χ3n) is 3.39. The number of alkyl carbamates (subject to hydrolysis) is 1. The smallest absolute Gasteiger partial charge is 0.408 e. The molecule has 0 fully saturated rings. The fourth-order valence-electron chi connectivity index (χ4n) is 2.57. The first kappa shape index (κ1) is 14.8. The van der Waals surface area contributed by atoms with Gasteiger partial charge in [-0.05, 0) is 57.2 Å². The van der Waals surface area contributed by atoms with E-state index in [1.807, 2.05) is 26.8 Å². The summed E-state index contributed by atoms with van der Waals surface area (Å²) in [5, 5.41) is 2.87. The Balaban J connectivity index is 2.17. The Bertz CT molecular complexity index is 494. The topological polar surface area (TPSA) is 38.3 Å². The molecule has 1 aliphatic rings.